The third-order valence-electron chi connectivity index (χ3n) is 0.927. The van der Waals surface area contributed by atoms with Crippen LogP contribution >= 0.6 is 0 Å². The van der Waals surface area contributed by atoms with Crippen LogP contribution in [-0.4, -0.2) is 31.5 Å². The van der Waals surface area contributed by atoms with Crippen molar-refractivity contribution in [1.82, 2.24) is 0 Å². The van der Waals surface area contributed by atoms with Gasteiger partial charge in [0.05, 0.1) is 6.10 Å². The van der Waals surface area contributed by atoms with E-state index in [4.69, 9.17) is 15.6 Å². The van der Waals surface area contributed by atoms with Gasteiger partial charge < -0.3 is 15.6 Å². The predicted octanol–water partition coefficient (Wildman–Crippen LogP) is -0.657. The molecular formula is C5H13NO2. The van der Waals surface area contributed by atoms with E-state index >= 15 is 0 Å². The Bertz CT molecular complexity index is 49.7. The van der Waals surface area contributed by atoms with Crippen molar-refractivity contribution in [2.24, 2.45) is 5.73 Å². The Labute approximate surface area is 49.4 Å². The molecule has 0 rings (SSSR count). The van der Waals surface area contributed by atoms with Gasteiger partial charge in [0.2, 0.25) is 0 Å². The van der Waals surface area contributed by atoms with Crippen LogP contribution in [0.5, 0.6) is 0 Å². The second kappa shape index (κ2) is 5.03. The first-order chi connectivity index (χ1) is 3.81. The lowest BCUT2D eigenvalue weighted by atomic mass is 10.3. The van der Waals surface area contributed by atoms with Gasteiger partial charge in [0.25, 0.3) is 0 Å². The van der Waals surface area contributed by atoms with Gasteiger partial charge in [-0.2, -0.15) is 0 Å². The van der Waals surface area contributed by atoms with Gasteiger partial charge in [-0.05, 0) is 6.42 Å². The zero-order valence-electron chi connectivity index (χ0n) is 5.13. The lowest BCUT2D eigenvalue weighted by molar-refractivity contribution is 0.115. The Balaban J connectivity index is 2.86. The van der Waals surface area contributed by atoms with Crippen molar-refractivity contribution in [2.75, 3.05) is 20.3 Å². The summed E-state index contributed by atoms with van der Waals surface area (Å²) in [5.41, 5.74) is 5.11. The van der Waals surface area contributed by atoms with Crippen LogP contribution in [0, 0.1) is 0 Å². The molecule has 0 aliphatic rings. The second-order valence-electron chi connectivity index (χ2n) is 1.67. The fourth-order valence-corrected chi connectivity index (χ4v) is 0.372. The predicted molar refractivity (Wildman–Crippen MR) is 31.6 cm³/mol. The number of aliphatic hydroxyl groups excluding tert-OH is 1. The maximum Gasteiger partial charge on any atom is 0.0684 e. The quantitative estimate of drug-likeness (QED) is 0.516. The highest BCUT2D eigenvalue weighted by Crippen LogP contribution is 1.86. The standard InChI is InChI=1S/C5H13NO2/c1-8-3-2-5(7)4-6/h5,7H,2-4,6H2,1H3/t5-/m1/s1. The molecule has 8 heavy (non-hydrogen) atoms. The summed E-state index contributed by atoms with van der Waals surface area (Å²) in [6, 6.07) is 0. The summed E-state index contributed by atoms with van der Waals surface area (Å²) >= 11 is 0. The van der Waals surface area contributed by atoms with Gasteiger partial charge in [-0.25, -0.2) is 0 Å². The molecule has 3 heteroatoms. The minimum absolute atomic E-state index is 0.323. The van der Waals surface area contributed by atoms with Crippen molar-refractivity contribution in [3.05, 3.63) is 0 Å². The molecule has 3 nitrogen and oxygen atoms in total. The summed E-state index contributed by atoms with van der Waals surface area (Å²) in [6.45, 7) is 0.904. The molecule has 0 aliphatic heterocycles. The Morgan fingerprint density at radius 2 is 2.38 bits per heavy atom. The smallest absolute Gasteiger partial charge is 0.0684 e. The van der Waals surface area contributed by atoms with Crippen LogP contribution in [0.25, 0.3) is 0 Å². The van der Waals surface area contributed by atoms with Gasteiger partial charge in [0.1, 0.15) is 0 Å². The van der Waals surface area contributed by atoms with E-state index in [0.717, 1.165) is 0 Å². The SMILES string of the molecule is COCC[C@@H](O)CN. The molecule has 0 aromatic rings. The molecule has 0 saturated heterocycles. The molecule has 0 saturated carbocycles. The summed E-state index contributed by atoms with van der Waals surface area (Å²) < 4.78 is 4.70. The van der Waals surface area contributed by atoms with Crippen LogP contribution in [0.3, 0.4) is 0 Å². The van der Waals surface area contributed by atoms with E-state index in [0.29, 0.717) is 19.6 Å². The first-order valence-corrected chi connectivity index (χ1v) is 2.68. The monoisotopic (exact) mass is 119 g/mol. The van der Waals surface area contributed by atoms with Crippen LogP contribution in [0.1, 0.15) is 6.42 Å². The summed E-state index contributed by atoms with van der Waals surface area (Å²) in [5, 5.41) is 8.78. The lowest BCUT2D eigenvalue weighted by Gasteiger charge is -2.04. The topological polar surface area (TPSA) is 55.5 Å². The van der Waals surface area contributed by atoms with Gasteiger partial charge in [0, 0.05) is 20.3 Å². The summed E-state index contributed by atoms with van der Waals surface area (Å²) in [7, 11) is 1.60. The maximum absolute atomic E-state index is 8.78. The molecule has 0 aromatic heterocycles. The number of aliphatic hydroxyl groups is 1. The van der Waals surface area contributed by atoms with E-state index in [-0.39, 0.29) is 0 Å². The molecule has 0 bridgehead atoms. The lowest BCUT2D eigenvalue weighted by Crippen LogP contribution is -2.20. The molecule has 0 heterocycles. The van der Waals surface area contributed by atoms with Crippen molar-refractivity contribution in [1.29, 1.82) is 0 Å². The largest absolute Gasteiger partial charge is 0.392 e. The Kier molecular flexibility index (Phi) is 4.95. The van der Waals surface area contributed by atoms with Crippen molar-refractivity contribution >= 4 is 0 Å². The molecule has 0 amide bonds. The molecule has 50 valence electrons. The molecule has 0 unspecified atom stereocenters. The summed E-state index contributed by atoms with van der Waals surface area (Å²) in [4.78, 5) is 0. The number of hydrogen-bond acceptors (Lipinski definition) is 3. The van der Waals surface area contributed by atoms with Crippen molar-refractivity contribution in [3.63, 3.8) is 0 Å². The maximum atomic E-state index is 8.78. The minimum atomic E-state index is -0.394. The fourth-order valence-electron chi connectivity index (χ4n) is 0.372. The van der Waals surface area contributed by atoms with E-state index in [9.17, 15) is 0 Å². The first kappa shape index (κ1) is 7.88. The third kappa shape index (κ3) is 4.05. The van der Waals surface area contributed by atoms with E-state index in [1.54, 1.807) is 7.11 Å². The van der Waals surface area contributed by atoms with Gasteiger partial charge in [-0.1, -0.05) is 0 Å². The zero-order chi connectivity index (χ0) is 6.41. The molecular weight excluding hydrogens is 106 g/mol. The van der Waals surface area contributed by atoms with Crippen molar-refractivity contribution in [3.8, 4) is 0 Å². The zero-order valence-corrected chi connectivity index (χ0v) is 5.13. The summed E-state index contributed by atoms with van der Waals surface area (Å²) in [5.74, 6) is 0. The number of ether oxygens (including phenoxy) is 1. The van der Waals surface area contributed by atoms with Gasteiger partial charge in [0.15, 0.2) is 0 Å². The Morgan fingerprint density at radius 1 is 1.75 bits per heavy atom. The van der Waals surface area contributed by atoms with Crippen molar-refractivity contribution < 1.29 is 9.84 Å². The van der Waals surface area contributed by atoms with Gasteiger partial charge in [-0.15, -0.1) is 0 Å². The molecule has 0 fully saturated rings. The Morgan fingerprint density at radius 3 is 2.75 bits per heavy atom. The van der Waals surface area contributed by atoms with E-state index in [2.05, 4.69) is 0 Å². The average Bonchev–Trinajstić information content (AvgIpc) is 1.83. The fraction of sp³-hybridized carbons (Fsp3) is 1.00. The van der Waals surface area contributed by atoms with E-state index in [1.165, 1.54) is 0 Å². The van der Waals surface area contributed by atoms with Crippen LogP contribution in [0.4, 0.5) is 0 Å². The van der Waals surface area contributed by atoms with Crippen LogP contribution < -0.4 is 5.73 Å². The number of hydrogen-bond donors (Lipinski definition) is 2. The second-order valence-corrected chi connectivity index (χ2v) is 1.67. The van der Waals surface area contributed by atoms with Crippen LogP contribution in [0.15, 0.2) is 0 Å². The van der Waals surface area contributed by atoms with Gasteiger partial charge in [-0.3, -0.25) is 0 Å². The molecule has 0 radical (unpaired) electrons. The van der Waals surface area contributed by atoms with Gasteiger partial charge >= 0.3 is 0 Å². The highest BCUT2D eigenvalue weighted by Gasteiger charge is 1.97. The number of nitrogens with two attached hydrogens (primary N) is 1. The minimum Gasteiger partial charge on any atom is -0.392 e. The van der Waals surface area contributed by atoms with E-state index < -0.39 is 6.10 Å². The molecule has 0 aromatic carbocycles. The summed E-state index contributed by atoms with van der Waals surface area (Å²) in [6.07, 6.45) is 0.238. The van der Waals surface area contributed by atoms with Crippen LogP contribution in [0.2, 0.25) is 0 Å². The first-order valence-electron chi connectivity index (χ1n) is 2.68. The number of rotatable bonds is 4. The van der Waals surface area contributed by atoms with Crippen LogP contribution in [-0.2, 0) is 4.74 Å². The normalized spacial score (nSPS) is 13.9. The highest BCUT2D eigenvalue weighted by atomic mass is 16.5. The molecule has 0 aliphatic carbocycles. The highest BCUT2D eigenvalue weighted by molar-refractivity contribution is 4.52. The van der Waals surface area contributed by atoms with Crippen molar-refractivity contribution in [2.45, 2.75) is 12.5 Å². The molecule has 1 atom stereocenters. The number of methoxy groups -OCH3 is 1. The molecule has 3 N–H and O–H groups in total. The third-order valence-corrected chi connectivity index (χ3v) is 0.927. The Hall–Kier alpha value is -0.120. The molecule has 0 spiro atoms. The van der Waals surface area contributed by atoms with E-state index in [1.807, 2.05) is 0 Å². The average molecular weight is 119 g/mol.